The molecule has 4 heteroatoms. The molecule has 1 aromatic carbocycles. The normalized spacial score (nSPS) is 23.0. The fourth-order valence-corrected chi connectivity index (χ4v) is 2.70. The summed E-state index contributed by atoms with van der Waals surface area (Å²) in [4.78, 5) is 11.2. The van der Waals surface area contributed by atoms with Gasteiger partial charge in [-0.2, -0.15) is 0 Å². The lowest BCUT2D eigenvalue weighted by atomic mass is 9.84. The number of carboxylic acids is 1. The summed E-state index contributed by atoms with van der Waals surface area (Å²) in [5.74, 6) is -0.0973. The van der Waals surface area contributed by atoms with Gasteiger partial charge in [-0.25, -0.2) is 0 Å². The third kappa shape index (κ3) is 3.70. The van der Waals surface area contributed by atoms with Crippen LogP contribution in [0.5, 0.6) is 5.75 Å². The van der Waals surface area contributed by atoms with Gasteiger partial charge in [0.2, 0.25) is 0 Å². The molecule has 0 aromatic heterocycles. The van der Waals surface area contributed by atoms with E-state index in [-0.39, 0.29) is 12.0 Å². The summed E-state index contributed by atoms with van der Waals surface area (Å²) in [5.41, 5.74) is 1.12. The van der Waals surface area contributed by atoms with E-state index in [9.17, 15) is 9.90 Å². The number of carboxylic acid groups (broad SMARTS) is 1. The summed E-state index contributed by atoms with van der Waals surface area (Å²) in [6.45, 7) is 0.686. The summed E-state index contributed by atoms with van der Waals surface area (Å²) >= 11 is 0. The molecule has 2 atom stereocenters. The fraction of sp³-hybridized carbons (Fsp3) is 0.533. The Labute approximate surface area is 113 Å². The standard InChI is InChI=1S/C15H21NO3/c1-19-12-6-4-5-11(9-12)10-16-14-8-3-2-7-13(14)15(17)18/h4-6,9,13-14,16H,2-3,7-8,10H2,1H3,(H,17,18). The Morgan fingerprint density at radius 1 is 1.42 bits per heavy atom. The minimum atomic E-state index is -0.678. The van der Waals surface area contributed by atoms with Crippen LogP contribution in [0.2, 0.25) is 0 Å². The first kappa shape index (κ1) is 13.9. The molecule has 0 radical (unpaired) electrons. The van der Waals surface area contributed by atoms with Crippen molar-refractivity contribution in [1.82, 2.24) is 5.32 Å². The second-order valence-corrected chi connectivity index (χ2v) is 5.07. The molecule has 1 saturated carbocycles. The van der Waals surface area contributed by atoms with Gasteiger partial charge in [0.25, 0.3) is 0 Å². The second kappa shape index (κ2) is 6.57. The number of ether oxygens (including phenoxy) is 1. The Morgan fingerprint density at radius 3 is 2.95 bits per heavy atom. The molecule has 19 heavy (non-hydrogen) atoms. The second-order valence-electron chi connectivity index (χ2n) is 5.07. The van der Waals surface area contributed by atoms with E-state index in [2.05, 4.69) is 5.32 Å². The molecule has 2 N–H and O–H groups in total. The van der Waals surface area contributed by atoms with E-state index >= 15 is 0 Å². The molecule has 4 nitrogen and oxygen atoms in total. The molecule has 1 aromatic rings. The van der Waals surface area contributed by atoms with Crippen LogP contribution >= 0.6 is 0 Å². The van der Waals surface area contributed by atoms with Crippen molar-refractivity contribution in [1.29, 1.82) is 0 Å². The molecular weight excluding hydrogens is 242 g/mol. The van der Waals surface area contributed by atoms with E-state index in [0.717, 1.165) is 37.0 Å². The average molecular weight is 263 g/mol. The Morgan fingerprint density at radius 2 is 2.21 bits per heavy atom. The maximum absolute atomic E-state index is 11.2. The smallest absolute Gasteiger partial charge is 0.308 e. The first-order valence-corrected chi connectivity index (χ1v) is 6.80. The molecule has 1 aliphatic rings. The number of nitrogens with one attached hydrogen (secondary N) is 1. The molecule has 0 amide bonds. The maximum atomic E-state index is 11.2. The molecule has 2 unspecified atom stereocenters. The van der Waals surface area contributed by atoms with Crippen molar-refractivity contribution in [2.75, 3.05) is 7.11 Å². The largest absolute Gasteiger partial charge is 0.497 e. The van der Waals surface area contributed by atoms with Crippen LogP contribution in [0.1, 0.15) is 31.2 Å². The number of aliphatic carboxylic acids is 1. The number of methoxy groups -OCH3 is 1. The number of carbonyl (C=O) groups is 1. The van der Waals surface area contributed by atoms with Gasteiger partial charge in [-0.15, -0.1) is 0 Å². The molecule has 0 bridgehead atoms. The van der Waals surface area contributed by atoms with Crippen molar-refractivity contribution in [2.24, 2.45) is 5.92 Å². The van der Waals surface area contributed by atoms with Crippen molar-refractivity contribution in [3.8, 4) is 5.75 Å². The Bertz CT molecular complexity index is 433. The Balaban J connectivity index is 1.94. The van der Waals surface area contributed by atoms with E-state index < -0.39 is 5.97 Å². The predicted molar refractivity (Wildman–Crippen MR) is 73.2 cm³/mol. The zero-order valence-corrected chi connectivity index (χ0v) is 11.3. The average Bonchev–Trinajstić information content (AvgIpc) is 2.45. The molecule has 104 valence electrons. The van der Waals surface area contributed by atoms with E-state index in [1.54, 1.807) is 7.11 Å². The first-order valence-electron chi connectivity index (χ1n) is 6.80. The molecule has 0 heterocycles. The SMILES string of the molecule is COc1cccc(CNC2CCCCC2C(=O)O)c1. The quantitative estimate of drug-likeness (QED) is 0.856. The van der Waals surface area contributed by atoms with Crippen LogP contribution in [-0.4, -0.2) is 24.2 Å². The van der Waals surface area contributed by atoms with Crippen LogP contribution in [0.25, 0.3) is 0 Å². The zero-order valence-electron chi connectivity index (χ0n) is 11.3. The van der Waals surface area contributed by atoms with Gasteiger partial charge >= 0.3 is 5.97 Å². The number of hydrogen-bond acceptors (Lipinski definition) is 3. The van der Waals surface area contributed by atoms with Crippen LogP contribution < -0.4 is 10.1 Å². The topological polar surface area (TPSA) is 58.6 Å². The summed E-state index contributed by atoms with van der Waals surface area (Å²) < 4.78 is 5.18. The van der Waals surface area contributed by atoms with Crippen LogP contribution in [0.4, 0.5) is 0 Å². The highest BCUT2D eigenvalue weighted by molar-refractivity contribution is 5.71. The van der Waals surface area contributed by atoms with Gasteiger partial charge in [-0.1, -0.05) is 25.0 Å². The van der Waals surface area contributed by atoms with Crippen LogP contribution in [0.3, 0.4) is 0 Å². The predicted octanol–water partition coefficient (Wildman–Crippen LogP) is 2.43. The van der Waals surface area contributed by atoms with Crippen LogP contribution in [-0.2, 0) is 11.3 Å². The van der Waals surface area contributed by atoms with E-state index in [1.165, 1.54) is 0 Å². The molecule has 1 aliphatic carbocycles. The lowest BCUT2D eigenvalue weighted by Crippen LogP contribution is -2.41. The number of rotatable bonds is 5. The summed E-state index contributed by atoms with van der Waals surface area (Å²) in [7, 11) is 1.65. The highest BCUT2D eigenvalue weighted by atomic mass is 16.5. The first-order chi connectivity index (χ1) is 9.20. The minimum Gasteiger partial charge on any atom is -0.497 e. The van der Waals surface area contributed by atoms with Gasteiger partial charge in [0.05, 0.1) is 13.0 Å². The van der Waals surface area contributed by atoms with Gasteiger partial charge in [-0.3, -0.25) is 4.79 Å². The van der Waals surface area contributed by atoms with Crippen LogP contribution in [0, 0.1) is 5.92 Å². The summed E-state index contributed by atoms with van der Waals surface area (Å²) in [6, 6.07) is 7.94. The third-order valence-electron chi connectivity index (χ3n) is 3.79. The Hall–Kier alpha value is -1.55. The molecule has 1 fully saturated rings. The third-order valence-corrected chi connectivity index (χ3v) is 3.79. The molecule has 0 aliphatic heterocycles. The van der Waals surface area contributed by atoms with Crippen molar-refractivity contribution in [2.45, 2.75) is 38.3 Å². The summed E-state index contributed by atoms with van der Waals surface area (Å²) in [5, 5.41) is 12.6. The van der Waals surface area contributed by atoms with Gasteiger partial charge in [-0.05, 0) is 30.5 Å². The fourth-order valence-electron chi connectivity index (χ4n) is 2.70. The highest BCUT2D eigenvalue weighted by Gasteiger charge is 2.30. The highest BCUT2D eigenvalue weighted by Crippen LogP contribution is 2.25. The molecule has 0 spiro atoms. The lowest BCUT2D eigenvalue weighted by Gasteiger charge is -2.29. The molecular formula is C15H21NO3. The Kier molecular flexibility index (Phi) is 4.80. The summed E-state index contributed by atoms with van der Waals surface area (Å²) in [6.07, 6.45) is 3.86. The molecule has 2 rings (SSSR count). The van der Waals surface area contributed by atoms with Crippen molar-refractivity contribution < 1.29 is 14.6 Å². The van der Waals surface area contributed by atoms with Crippen LogP contribution in [0.15, 0.2) is 24.3 Å². The molecule has 0 saturated heterocycles. The van der Waals surface area contributed by atoms with Gasteiger partial charge in [0.1, 0.15) is 5.75 Å². The van der Waals surface area contributed by atoms with E-state index in [4.69, 9.17) is 4.74 Å². The van der Waals surface area contributed by atoms with E-state index in [0.29, 0.717) is 6.54 Å². The van der Waals surface area contributed by atoms with Gasteiger partial charge in [0.15, 0.2) is 0 Å². The maximum Gasteiger partial charge on any atom is 0.308 e. The monoisotopic (exact) mass is 263 g/mol. The number of benzene rings is 1. The van der Waals surface area contributed by atoms with E-state index in [1.807, 2.05) is 24.3 Å². The van der Waals surface area contributed by atoms with Crippen molar-refractivity contribution >= 4 is 5.97 Å². The zero-order chi connectivity index (χ0) is 13.7. The van der Waals surface area contributed by atoms with Gasteiger partial charge in [0, 0.05) is 12.6 Å². The number of hydrogen-bond donors (Lipinski definition) is 2. The lowest BCUT2D eigenvalue weighted by molar-refractivity contribution is -0.143. The van der Waals surface area contributed by atoms with Crippen molar-refractivity contribution in [3.63, 3.8) is 0 Å². The van der Waals surface area contributed by atoms with Crippen molar-refractivity contribution in [3.05, 3.63) is 29.8 Å². The minimum absolute atomic E-state index is 0.0810. The van der Waals surface area contributed by atoms with Gasteiger partial charge < -0.3 is 15.2 Å².